The van der Waals surface area contributed by atoms with Crippen molar-refractivity contribution in [3.8, 4) is 11.1 Å². The molecule has 0 bridgehead atoms. The predicted molar refractivity (Wildman–Crippen MR) is 104 cm³/mol. The average molecular weight is 376 g/mol. The van der Waals surface area contributed by atoms with Crippen molar-refractivity contribution in [3.63, 3.8) is 0 Å². The van der Waals surface area contributed by atoms with Gasteiger partial charge >= 0.3 is 0 Å². The molecule has 0 N–H and O–H groups in total. The Morgan fingerprint density at radius 2 is 2.00 bits per heavy atom. The van der Waals surface area contributed by atoms with Crippen LogP contribution in [0.3, 0.4) is 0 Å². The van der Waals surface area contributed by atoms with E-state index in [1.165, 1.54) is 6.07 Å². The van der Waals surface area contributed by atoms with Crippen molar-refractivity contribution in [1.29, 1.82) is 0 Å². The molecule has 5 nitrogen and oxygen atoms in total. The maximum atomic E-state index is 13.5. The van der Waals surface area contributed by atoms with E-state index in [9.17, 15) is 9.18 Å². The van der Waals surface area contributed by atoms with Crippen molar-refractivity contribution < 1.29 is 9.18 Å². The van der Waals surface area contributed by atoms with Crippen LogP contribution in [0.2, 0.25) is 0 Å². The summed E-state index contributed by atoms with van der Waals surface area (Å²) in [7, 11) is 1.89. The number of amides is 1. The Morgan fingerprint density at radius 1 is 1.14 bits per heavy atom. The monoisotopic (exact) mass is 376 g/mol. The van der Waals surface area contributed by atoms with Gasteiger partial charge < -0.3 is 4.90 Å². The van der Waals surface area contributed by atoms with Crippen molar-refractivity contribution in [2.75, 3.05) is 11.4 Å². The number of hydrogen-bond donors (Lipinski definition) is 0. The molecular formula is C22H21FN4O. The predicted octanol–water partition coefficient (Wildman–Crippen LogP) is 3.32. The number of halogens is 1. The molecule has 28 heavy (non-hydrogen) atoms. The van der Waals surface area contributed by atoms with E-state index < -0.39 is 0 Å². The molecule has 3 aromatic rings. The van der Waals surface area contributed by atoms with Gasteiger partial charge in [-0.1, -0.05) is 23.4 Å². The number of benzene rings is 2. The summed E-state index contributed by atoms with van der Waals surface area (Å²) in [5.41, 5.74) is 6.07. The smallest absolute Gasteiger partial charge is 0.230 e. The van der Waals surface area contributed by atoms with Crippen LogP contribution in [0.25, 0.3) is 11.1 Å². The number of aromatic nitrogens is 3. The zero-order valence-electron chi connectivity index (χ0n) is 15.7. The summed E-state index contributed by atoms with van der Waals surface area (Å²) in [5, 5.41) is 8.27. The lowest BCUT2D eigenvalue weighted by Crippen LogP contribution is -2.37. The van der Waals surface area contributed by atoms with Gasteiger partial charge in [0.25, 0.3) is 0 Å². The Morgan fingerprint density at radius 3 is 2.86 bits per heavy atom. The van der Waals surface area contributed by atoms with Gasteiger partial charge in [0.2, 0.25) is 5.91 Å². The molecule has 2 aromatic carbocycles. The third-order valence-electron chi connectivity index (χ3n) is 5.94. The second-order valence-electron chi connectivity index (χ2n) is 7.64. The van der Waals surface area contributed by atoms with Crippen molar-refractivity contribution >= 4 is 11.6 Å². The number of rotatable bonds is 2. The lowest BCUT2D eigenvalue weighted by atomic mass is 9.88. The lowest BCUT2D eigenvalue weighted by Gasteiger charge is -2.26. The minimum absolute atomic E-state index is 0.0291. The first-order chi connectivity index (χ1) is 13.6. The molecule has 142 valence electrons. The van der Waals surface area contributed by atoms with E-state index in [-0.39, 0.29) is 17.6 Å². The fourth-order valence-electron chi connectivity index (χ4n) is 4.42. The van der Waals surface area contributed by atoms with Crippen LogP contribution in [0, 0.1) is 11.7 Å². The van der Waals surface area contributed by atoms with Gasteiger partial charge in [0.05, 0.1) is 11.4 Å². The molecule has 5 rings (SSSR count). The third kappa shape index (κ3) is 2.80. The molecule has 2 heterocycles. The Bertz CT molecular complexity index is 1070. The minimum Gasteiger partial charge on any atom is -0.312 e. The van der Waals surface area contributed by atoms with Crippen molar-refractivity contribution in [2.24, 2.45) is 13.0 Å². The summed E-state index contributed by atoms with van der Waals surface area (Å²) >= 11 is 0. The van der Waals surface area contributed by atoms with E-state index in [0.717, 1.165) is 53.0 Å². The number of carbonyl (C=O) groups excluding carboxylic acids is 1. The fourth-order valence-corrected chi connectivity index (χ4v) is 4.42. The molecule has 0 fully saturated rings. The summed E-state index contributed by atoms with van der Waals surface area (Å²) in [6.07, 6.45) is 3.15. The minimum atomic E-state index is -0.240. The molecule has 2 aliphatic rings. The summed E-state index contributed by atoms with van der Waals surface area (Å²) in [4.78, 5) is 15.2. The Balaban J connectivity index is 1.39. The van der Waals surface area contributed by atoms with Gasteiger partial charge in [-0.25, -0.2) is 4.39 Å². The average Bonchev–Trinajstić information content (AvgIpc) is 3.30. The van der Waals surface area contributed by atoms with Crippen molar-refractivity contribution in [1.82, 2.24) is 15.0 Å². The van der Waals surface area contributed by atoms with Gasteiger partial charge in [0, 0.05) is 31.6 Å². The number of nitrogens with zero attached hydrogens (tertiary/aromatic N) is 4. The highest BCUT2D eigenvalue weighted by molar-refractivity contribution is 5.97. The van der Waals surface area contributed by atoms with Crippen molar-refractivity contribution in [2.45, 2.75) is 25.7 Å². The highest BCUT2D eigenvalue weighted by atomic mass is 19.1. The van der Waals surface area contributed by atoms with Crippen LogP contribution in [-0.4, -0.2) is 27.4 Å². The molecule has 1 atom stereocenters. The summed E-state index contributed by atoms with van der Waals surface area (Å²) < 4.78 is 15.3. The third-order valence-corrected chi connectivity index (χ3v) is 5.94. The second-order valence-corrected chi connectivity index (χ2v) is 7.64. The van der Waals surface area contributed by atoms with Gasteiger partial charge in [0.15, 0.2) is 0 Å². The highest BCUT2D eigenvalue weighted by Crippen LogP contribution is 2.35. The maximum absolute atomic E-state index is 13.5. The summed E-state index contributed by atoms with van der Waals surface area (Å²) in [5.74, 6) is -0.0845. The standard InChI is InChI=1S/C22H21FN4O/c1-26-21-13-17(5-7-19(21)24-25-26)22(28)27-10-9-16-11-15(6-8-20(16)27)14-3-2-4-18(23)12-14/h2-4,6,8,11-12,17H,5,7,9-10,13H2,1H3/t17-/m1/s1. The second kappa shape index (κ2) is 6.55. The number of aryl methyl sites for hydroxylation is 2. The van der Waals surface area contributed by atoms with Crippen LogP contribution in [-0.2, 0) is 31.1 Å². The van der Waals surface area contributed by atoms with Crippen LogP contribution in [0.1, 0.15) is 23.4 Å². The van der Waals surface area contributed by atoms with E-state index in [4.69, 9.17) is 0 Å². The van der Waals surface area contributed by atoms with Crippen LogP contribution in [0.4, 0.5) is 10.1 Å². The van der Waals surface area contributed by atoms with Gasteiger partial charge in [-0.3, -0.25) is 9.48 Å². The quantitative estimate of drug-likeness (QED) is 0.689. The maximum Gasteiger partial charge on any atom is 0.230 e. The molecule has 6 heteroatoms. The molecule has 0 saturated heterocycles. The molecular weight excluding hydrogens is 355 g/mol. The molecule has 1 aliphatic heterocycles. The highest BCUT2D eigenvalue weighted by Gasteiger charge is 2.34. The van der Waals surface area contributed by atoms with E-state index in [1.807, 2.05) is 30.1 Å². The normalized spacial score (nSPS) is 18.1. The van der Waals surface area contributed by atoms with Crippen LogP contribution < -0.4 is 4.90 Å². The number of fused-ring (bicyclic) bond motifs is 2. The van der Waals surface area contributed by atoms with Gasteiger partial charge in [-0.15, -0.1) is 5.10 Å². The topological polar surface area (TPSA) is 51.0 Å². The number of carbonyl (C=O) groups is 1. The molecule has 0 unspecified atom stereocenters. The fraction of sp³-hybridized carbons (Fsp3) is 0.318. The first-order valence-corrected chi connectivity index (χ1v) is 9.68. The van der Waals surface area contributed by atoms with E-state index in [2.05, 4.69) is 16.4 Å². The summed E-state index contributed by atoms with van der Waals surface area (Å²) in [6, 6.07) is 12.7. The number of hydrogen-bond acceptors (Lipinski definition) is 3. The van der Waals surface area contributed by atoms with E-state index in [1.54, 1.807) is 16.8 Å². The zero-order valence-corrected chi connectivity index (χ0v) is 15.7. The first-order valence-electron chi connectivity index (χ1n) is 9.68. The zero-order chi connectivity index (χ0) is 19.3. The molecule has 0 spiro atoms. The molecule has 1 aliphatic carbocycles. The SMILES string of the molecule is Cn1nnc2c1C[C@H](C(=O)N1CCc3cc(-c4cccc(F)c4)ccc31)CC2. The molecule has 1 aromatic heterocycles. The van der Waals surface area contributed by atoms with E-state index >= 15 is 0 Å². The van der Waals surface area contributed by atoms with Gasteiger partial charge in [-0.05, 0) is 60.2 Å². The number of anilines is 1. The largest absolute Gasteiger partial charge is 0.312 e. The van der Waals surface area contributed by atoms with Gasteiger partial charge in [-0.2, -0.15) is 0 Å². The molecule has 1 amide bonds. The molecule has 0 radical (unpaired) electrons. The first kappa shape index (κ1) is 17.1. The van der Waals surface area contributed by atoms with Crippen molar-refractivity contribution in [3.05, 3.63) is 65.2 Å². The van der Waals surface area contributed by atoms with Crippen LogP contribution >= 0.6 is 0 Å². The Labute approximate surface area is 162 Å². The van der Waals surface area contributed by atoms with E-state index in [0.29, 0.717) is 13.0 Å². The van der Waals surface area contributed by atoms with Gasteiger partial charge in [0.1, 0.15) is 5.82 Å². The van der Waals surface area contributed by atoms with Crippen LogP contribution in [0.15, 0.2) is 42.5 Å². The molecule has 0 saturated carbocycles. The Hall–Kier alpha value is -3.02. The lowest BCUT2D eigenvalue weighted by molar-refractivity contribution is -0.122. The van der Waals surface area contributed by atoms with Crippen LogP contribution in [0.5, 0.6) is 0 Å². The Kier molecular flexibility index (Phi) is 4.00. The summed E-state index contributed by atoms with van der Waals surface area (Å²) in [6.45, 7) is 0.702.